The first-order valence-electron chi connectivity index (χ1n) is 8.82. The van der Waals surface area contributed by atoms with Crippen molar-refractivity contribution in [3.05, 3.63) is 59.5 Å². The van der Waals surface area contributed by atoms with Gasteiger partial charge in [0.15, 0.2) is 0 Å². The van der Waals surface area contributed by atoms with Gasteiger partial charge in [-0.1, -0.05) is 36.2 Å². The number of aryl methyl sites for hydroxylation is 1. The van der Waals surface area contributed by atoms with Gasteiger partial charge < -0.3 is 9.73 Å². The zero-order chi connectivity index (χ0) is 16.8. The molecule has 1 aromatic heterocycles. The molecule has 0 saturated carbocycles. The summed E-state index contributed by atoms with van der Waals surface area (Å²) in [6.45, 7) is 4.78. The van der Waals surface area contributed by atoms with E-state index in [4.69, 9.17) is 4.42 Å². The molecule has 1 unspecified atom stereocenters. The van der Waals surface area contributed by atoms with Gasteiger partial charge in [-0.05, 0) is 50.6 Å². The van der Waals surface area contributed by atoms with Crippen LogP contribution in [0.15, 0.2) is 47.1 Å². The highest BCUT2D eigenvalue weighted by Gasteiger charge is 2.24. The first-order valence-corrected chi connectivity index (χ1v) is 8.82. The zero-order valence-electron chi connectivity index (χ0n) is 14.3. The van der Waals surface area contributed by atoms with E-state index in [1.54, 1.807) is 6.26 Å². The van der Waals surface area contributed by atoms with Crippen LogP contribution in [0.25, 0.3) is 0 Å². The standard InChI is InChI=1S/C20H26N2O2/c1-16-7-9-17(10-8-16)14-20(23)21-15-18(19-6-5-13-24-19)22-11-3-2-4-12-22/h5-10,13,18H,2-4,11-12,14-15H2,1H3,(H,21,23). The van der Waals surface area contributed by atoms with Crippen LogP contribution in [0.3, 0.4) is 0 Å². The van der Waals surface area contributed by atoms with E-state index in [0.29, 0.717) is 13.0 Å². The second kappa shape index (κ2) is 8.15. The van der Waals surface area contributed by atoms with Crippen molar-refractivity contribution in [2.24, 2.45) is 0 Å². The molecule has 1 amide bonds. The lowest BCUT2D eigenvalue weighted by Gasteiger charge is -2.33. The first kappa shape index (κ1) is 16.8. The normalized spacial score (nSPS) is 16.7. The van der Waals surface area contributed by atoms with Gasteiger partial charge in [-0.3, -0.25) is 9.69 Å². The zero-order valence-corrected chi connectivity index (χ0v) is 14.3. The molecule has 3 rings (SSSR count). The first-order chi connectivity index (χ1) is 11.7. The topological polar surface area (TPSA) is 45.5 Å². The number of carbonyl (C=O) groups excluding carboxylic acids is 1. The van der Waals surface area contributed by atoms with E-state index >= 15 is 0 Å². The third kappa shape index (κ3) is 4.48. The fourth-order valence-corrected chi connectivity index (χ4v) is 3.28. The Morgan fingerprint density at radius 2 is 1.92 bits per heavy atom. The maximum Gasteiger partial charge on any atom is 0.224 e. The van der Waals surface area contributed by atoms with Crippen LogP contribution in [0, 0.1) is 6.92 Å². The van der Waals surface area contributed by atoms with Crippen molar-refractivity contribution in [2.75, 3.05) is 19.6 Å². The van der Waals surface area contributed by atoms with E-state index in [-0.39, 0.29) is 11.9 Å². The Hall–Kier alpha value is -2.07. The molecule has 128 valence electrons. The average molecular weight is 326 g/mol. The summed E-state index contributed by atoms with van der Waals surface area (Å²) in [4.78, 5) is 14.7. The van der Waals surface area contributed by atoms with Gasteiger partial charge in [-0.25, -0.2) is 0 Å². The lowest BCUT2D eigenvalue weighted by Crippen LogP contribution is -2.40. The monoisotopic (exact) mass is 326 g/mol. The molecule has 0 bridgehead atoms. The molecule has 24 heavy (non-hydrogen) atoms. The van der Waals surface area contributed by atoms with E-state index in [1.807, 2.05) is 36.4 Å². The van der Waals surface area contributed by atoms with Gasteiger partial charge in [0.05, 0.1) is 18.7 Å². The number of piperidine rings is 1. The summed E-state index contributed by atoms with van der Waals surface area (Å²) in [5, 5.41) is 3.09. The Kier molecular flexibility index (Phi) is 5.70. The molecule has 4 nitrogen and oxygen atoms in total. The number of nitrogens with zero attached hydrogens (tertiary/aromatic N) is 1. The summed E-state index contributed by atoms with van der Waals surface area (Å²) in [6.07, 6.45) is 5.86. The van der Waals surface area contributed by atoms with E-state index in [9.17, 15) is 4.79 Å². The number of hydrogen-bond donors (Lipinski definition) is 1. The number of nitrogens with one attached hydrogen (secondary N) is 1. The highest BCUT2D eigenvalue weighted by atomic mass is 16.3. The average Bonchev–Trinajstić information content (AvgIpc) is 3.12. The van der Waals surface area contributed by atoms with Crippen LogP contribution in [-0.4, -0.2) is 30.4 Å². The number of likely N-dealkylation sites (tertiary alicyclic amines) is 1. The lowest BCUT2D eigenvalue weighted by atomic mass is 10.1. The second-order valence-corrected chi connectivity index (χ2v) is 6.59. The van der Waals surface area contributed by atoms with Gasteiger partial charge in [0.2, 0.25) is 5.91 Å². The number of furan rings is 1. The molecular formula is C20H26N2O2. The maximum atomic E-state index is 12.3. The SMILES string of the molecule is Cc1ccc(CC(=O)NCC(c2ccco2)N2CCCCC2)cc1. The predicted molar refractivity (Wildman–Crippen MR) is 94.8 cm³/mol. The molecule has 1 aliphatic rings. The van der Waals surface area contributed by atoms with Gasteiger partial charge in [0.25, 0.3) is 0 Å². The summed E-state index contributed by atoms with van der Waals surface area (Å²) in [6, 6.07) is 12.2. The van der Waals surface area contributed by atoms with Crippen LogP contribution in [0.5, 0.6) is 0 Å². The molecule has 0 radical (unpaired) electrons. The largest absolute Gasteiger partial charge is 0.468 e. The minimum Gasteiger partial charge on any atom is -0.468 e. The minimum atomic E-state index is 0.0624. The molecule has 2 heterocycles. The van der Waals surface area contributed by atoms with Crippen molar-refractivity contribution in [2.45, 2.75) is 38.6 Å². The van der Waals surface area contributed by atoms with Gasteiger partial charge >= 0.3 is 0 Å². The van der Waals surface area contributed by atoms with Gasteiger partial charge in [-0.2, -0.15) is 0 Å². The molecule has 1 atom stereocenters. The fraction of sp³-hybridized carbons (Fsp3) is 0.450. The van der Waals surface area contributed by atoms with Crippen LogP contribution in [0.1, 0.15) is 42.2 Å². The number of rotatable bonds is 6. The summed E-state index contributed by atoms with van der Waals surface area (Å²) in [5.74, 6) is 1.000. The van der Waals surface area contributed by atoms with Crippen LogP contribution in [-0.2, 0) is 11.2 Å². The minimum absolute atomic E-state index is 0.0624. The fourth-order valence-electron chi connectivity index (χ4n) is 3.28. The van der Waals surface area contributed by atoms with Crippen molar-refractivity contribution >= 4 is 5.91 Å². The number of carbonyl (C=O) groups is 1. The molecule has 4 heteroatoms. The Bertz CT molecular complexity index is 628. The van der Waals surface area contributed by atoms with E-state index in [1.165, 1.54) is 24.8 Å². The van der Waals surface area contributed by atoms with Crippen molar-refractivity contribution in [1.82, 2.24) is 10.2 Å². The molecule has 1 N–H and O–H groups in total. The highest BCUT2D eigenvalue weighted by Crippen LogP contribution is 2.24. The van der Waals surface area contributed by atoms with Crippen molar-refractivity contribution in [1.29, 1.82) is 0 Å². The molecule has 0 aliphatic carbocycles. The third-order valence-electron chi connectivity index (χ3n) is 4.68. The highest BCUT2D eigenvalue weighted by molar-refractivity contribution is 5.78. The van der Waals surface area contributed by atoms with Crippen molar-refractivity contribution in [3.63, 3.8) is 0 Å². The smallest absolute Gasteiger partial charge is 0.224 e. The van der Waals surface area contributed by atoms with E-state index < -0.39 is 0 Å². The molecule has 0 spiro atoms. The number of benzene rings is 1. The van der Waals surface area contributed by atoms with Crippen LogP contribution >= 0.6 is 0 Å². The molecule has 2 aromatic rings. The Balaban J connectivity index is 1.58. The van der Waals surface area contributed by atoms with Gasteiger partial charge in [0, 0.05) is 6.54 Å². The summed E-state index contributed by atoms with van der Waals surface area (Å²) >= 11 is 0. The second-order valence-electron chi connectivity index (χ2n) is 6.59. The lowest BCUT2D eigenvalue weighted by molar-refractivity contribution is -0.120. The molecule has 1 fully saturated rings. The quantitative estimate of drug-likeness (QED) is 0.884. The molecule has 1 aromatic carbocycles. The maximum absolute atomic E-state index is 12.3. The Morgan fingerprint density at radius 1 is 1.17 bits per heavy atom. The van der Waals surface area contributed by atoms with Gasteiger partial charge in [-0.15, -0.1) is 0 Å². The van der Waals surface area contributed by atoms with E-state index in [2.05, 4.69) is 17.1 Å². The Labute approximate surface area is 143 Å². The summed E-state index contributed by atoms with van der Waals surface area (Å²) in [7, 11) is 0. The van der Waals surface area contributed by atoms with Gasteiger partial charge in [0.1, 0.15) is 5.76 Å². The molecular weight excluding hydrogens is 300 g/mol. The van der Waals surface area contributed by atoms with Crippen LogP contribution < -0.4 is 5.32 Å². The third-order valence-corrected chi connectivity index (χ3v) is 4.68. The van der Waals surface area contributed by atoms with E-state index in [0.717, 1.165) is 24.4 Å². The van der Waals surface area contributed by atoms with Crippen LogP contribution in [0.2, 0.25) is 0 Å². The molecule has 1 aliphatic heterocycles. The Morgan fingerprint density at radius 3 is 2.58 bits per heavy atom. The number of hydrogen-bond acceptors (Lipinski definition) is 3. The van der Waals surface area contributed by atoms with Crippen molar-refractivity contribution < 1.29 is 9.21 Å². The van der Waals surface area contributed by atoms with Crippen molar-refractivity contribution in [3.8, 4) is 0 Å². The number of amides is 1. The molecule has 1 saturated heterocycles. The summed E-state index contributed by atoms with van der Waals surface area (Å²) in [5.41, 5.74) is 2.26. The summed E-state index contributed by atoms with van der Waals surface area (Å²) < 4.78 is 5.62. The van der Waals surface area contributed by atoms with Crippen LogP contribution in [0.4, 0.5) is 0 Å². The predicted octanol–water partition coefficient (Wildman–Crippen LogP) is 3.47.